The third-order valence-electron chi connectivity index (χ3n) is 3.96. The zero-order valence-electron chi connectivity index (χ0n) is 11.9. The van der Waals surface area contributed by atoms with Crippen LogP contribution in [0.25, 0.3) is 0 Å². The maximum absolute atomic E-state index is 13.9. The highest BCUT2D eigenvalue weighted by Crippen LogP contribution is 2.40. The number of carbonyl (C=O) groups excluding carboxylic acids is 1. The van der Waals surface area contributed by atoms with Crippen molar-refractivity contribution in [3.63, 3.8) is 0 Å². The Bertz CT molecular complexity index is 762. The first kappa shape index (κ1) is 14.4. The topological polar surface area (TPSA) is 65.2 Å². The monoisotopic (exact) mass is 304 g/mol. The van der Waals surface area contributed by atoms with Crippen molar-refractivity contribution in [1.82, 2.24) is 4.98 Å². The summed E-state index contributed by atoms with van der Waals surface area (Å²) in [6, 6.07) is 5.22. The summed E-state index contributed by atoms with van der Waals surface area (Å²) in [6.45, 7) is 0. The number of halogens is 2. The van der Waals surface area contributed by atoms with E-state index in [1.807, 2.05) is 0 Å². The van der Waals surface area contributed by atoms with Gasteiger partial charge in [0.15, 0.2) is 0 Å². The maximum Gasteiger partial charge on any atom is 0.250 e. The molecule has 0 spiro atoms. The highest BCUT2D eigenvalue weighted by Gasteiger charge is 2.31. The van der Waals surface area contributed by atoms with E-state index in [9.17, 15) is 13.6 Å². The van der Waals surface area contributed by atoms with Crippen LogP contribution in [0.15, 0.2) is 24.3 Å². The van der Waals surface area contributed by atoms with Crippen LogP contribution in [0.5, 0.6) is 5.88 Å². The van der Waals surface area contributed by atoms with Gasteiger partial charge in [-0.15, -0.1) is 0 Å². The van der Waals surface area contributed by atoms with Gasteiger partial charge in [0.05, 0.1) is 18.4 Å². The smallest absolute Gasteiger partial charge is 0.250 e. The van der Waals surface area contributed by atoms with Crippen molar-refractivity contribution in [3.8, 4) is 5.88 Å². The second kappa shape index (κ2) is 5.36. The highest BCUT2D eigenvalue weighted by atomic mass is 19.1. The van der Waals surface area contributed by atoms with Crippen molar-refractivity contribution in [2.75, 3.05) is 7.11 Å². The summed E-state index contributed by atoms with van der Waals surface area (Å²) in [5, 5.41) is 0. The van der Waals surface area contributed by atoms with Gasteiger partial charge in [0, 0.05) is 18.1 Å². The molecule has 2 aromatic rings. The summed E-state index contributed by atoms with van der Waals surface area (Å²) >= 11 is 0. The number of hydrogen-bond acceptors (Lipinski definition) is 3. The minimum absolute atomic E-state index is 0.239. The van der Waals surface area contributed by atoms with E-state index >= 15 is 0 Å². The minimum Gasteiger partial charge on any atom is -0.481 e. The van der Waals surface area contributed by atoms with E-state index < -0.39 is 17.5 Å². The number of rotatable bonds is 3. The number of fused-ring (bicyclic) bond motifs is 1. The van der Waals surface area contributed by atoms with E-state index in [2.05, 4.69) is 4.98 Å². The van der Waals surface area contributed by atoms with Crippen LogP contribution in [-0.4, -0.2) is 18.0 Å². The lowest BCUT2D eigenvalue weighted by atomic mass is 9.93. The van der Waals surface area contributed by atoms with E-state index in [0.29, 0.717) is 35.5 Å². The number of benzene rings is 1. The van der Waals surface area contributed by atoms with Crippen LogP contribution >= 0.6 is 0 Å². The minimum atomic E-state index is -0.647. The molecule has 114 valence electrons. The summed E-state index contributed by atoms with van der Waals surface area (Å²) in [4.78, 5) is 15.9. The number of aromatic nitrogens is 1. The van der Waals surface area contributed by atoms with Gasteiger partial charge in [0.1, 0.15) is 11.6 Å². The first-order valence-corrected chi connectivity index (χ1v) is 6.83. The lowest BCUT2D eigenvalue weighted by Gasteiger charge is -2.15. The van der Waals surface area contributed by atoms with Crippen molar-refractivity contribution < 1.29 is 18.3 Å². The Morgan fingerprint density at radius 2 is 2.14 bits per heavy atom. The molecule has 2 N–H and O–H groups in total. The third kappa shape index (κ3) is 2.30. The van der Waals surface area contributed by atoms with Gasteiger partial charge in [-0.05, 0) is 36.1 Å². The molecule has 22 heavy (non-hydrogen) atoms. The fourth-order valence-electron chi connectivity index (χ4n) is 2.97. The molecule has 1 heterocycles. The van der Waals surface area contributed by atoms with Crippen LogP contribution in [0.1, 0.15) is 39.5 Å². The lowest BCUT2D eigenvalue weighted by molar-refractivity contribution is 0.0998. The Morgan fingerprint density at radius 1 is 1.36 bits per heavy atom. The quantitative estimate of drug-likeness (QED) is 0.947. The second-order valence-electron chi connectivity index (χ2n) is 5.20. The molecular weight excluding hydrogens is 290 g/mol. The van der Waals surface area contributed by atoms with E-state index in [1.165, 1.54) is 25.3 Å². The van der Waals surface area contributed by atoms with Gasteiger partial charge >= 0.3 is 0 Å². The van der Waals surface area contributed by atoms with Gasteiger partial charge in [-0.25, -0.2) is 13.8 Å². The number of amides is 1. The van der Waals surface area contributed by atoms with E-state index in [1.54, 1.807) is 0 Å². The van der Waals surface area contributed by atoms with Gasteiger partial charge in [0.2, 0.25) is 5.88 Å². The molecular formula is C16H14F2N2O2. The summed E-state index contributed by atoms with van der Waals surface area (Å²) in [5.41, 5.74) is 7.00. The molecule has 1 aromatic carbocycles. The Hall–Kier alpha value is -2.50. The zero-order valence-corrected chi connectivity index (χ0v) is 11.9. The van der Waals surface area contributed by atoms with Crippen molar-refractivity contribution in [1.29, 1.82) is 0 Å². The number of nitrogens with two attached hydrogens (primary N) is 1. The van der Waals surface area contributed by atoms with Crippen LogP contribution < -0.4 is 10.5 Å². The molecule has 0 aliphatic heterocycles. The SMILES string of the molecule is COc1ccc(C(N)=O)c([C@@H]2CCc3c(F)cc(F)cc32)n1. The van der Waals surface area contributed by atoms with Crippen LogP contribution in [0.4, 0.5) is 8.78 Å². The van der Waals surface area contributed by atoms with Crippen molar-refractivity contribution >= 4 is 5.91 Å². The summed E-state index contributed by atoms with van der Waals surface area (Å²) in [5.74, 6) is -1.90. The standard InChI is InChI=1S/C16H14F2N2O2/c1-22-14-5-4-11(16(19)21)15(20-14)10-3-2-9-12(10)6-8(17)7-13(9)18/h4-7,10H,2-3H2,1H3,(H2,19,21)/t10-/m1/s1. The molecule has 0 unspecified atom stereocenters. The molecule has 0 saturated heterocycles. The average molecular weight is 304 g/mol. The largest absolute Gasteiger partial charge is 0.481 e. The molecule has 0 saturated carbocycles. The number of hydrogen-bond donors (Lipinski definition) is 1. The normalized spacial score (nSPS) is 16.4. The summed E-state index contributed by atoms with van der Waals surface area (Å²) < 4.78 is 32.5. The van der Waals surface area contributed by atoms with E-state index in [0.717, 1.165) is 6.07 Å². The Labute approximate surface area is 125 Å². The van der Waals surface area contributed by atoms with Gasteiger partial charge in [-0.1, -0.05) is 0 Å². The van der Waals surface area contributed by atoms with Crippen LogP contribution in [0.2, 0.25) is 0 Å². The average Bonchev–Trinajstić information content (AvgIpc) is 2.90. The number of methoxy groups -OCH3 is 1. The fourth-order valence-corrected chi connectivity index (χ4v) is 2.97. The summed E-state index contributed by atoms with van der Waals surface area (Å²) in [6.07, 6.45) is 0.999. The van der Waals surface area contributed by atoms with Gasteiger partial charge in [-0.2, -0.15) is 0 Å². The predicted octanol–water partition coefficient (Wildman–Crippen LogP) is 2.55. The molecule has 1 aliphatic carbocycles. The highest BCUT2D eigenvalue weighted by molar-refractivity contribution is 5.94. The predicted molar refractivity (Wildman–Crippen MR) is 75.8 cm³/mol. The maximum atomic E-state index is 13.9. The molecule has 1 aromatic heterocycles. The molecule has 1 amide bonds. The third-order valence-corrected chi connectivity index (χ3v) is 3.96. The Balaban J connectivity index is 2.17. The zero-order chi connectivity index (χ0) is 15.9. The number of carbonyl (C=O) groups is 1. The molecule has 4 nitrogen and oxygen atoms in total. The van der Waals surface area contributed by atoms with E-state index in [4.69, 9.17) is 10.5 Å². The van der Waals surface area contributed by atoms with Crippen molar-refractivity contribution in [3.05, 3.63) is 58.3 Å². The molecule has 1 aliphatic rings. The Kier molecular flexibility index (Phi) is 3.52. The number of ether oxygens (including phenoxy) is 1. The molecule has 3 rings (SSSR count). The molecule has 1 atom stereocenters. The van der Waals surface area contributed by atoms with Crippen LogP contribution in [0, 0.1) is 11.6 Å². The lowest BCUT2D eigenvalue weighted by Crippen LogP contribution is -2.17. The molecule has 0 bridgehead atoms. The molecule has 0 radical (unpaired) electrons. The van der Waals surface area contributed by atoms with Gasteiger partial charge < -0.3 is 10.5 Å². The second-order valence-corrected chi connectivity index (χ2v) is 5.20. The first-order valence-electron chi connectivity index (χ1n) is 6.83. The number of nitrogens with zero attached hydrogens (tertiary/aromatic N) is 1. The first-order chi connectivity index (χ1) is 10.5. The van der Waals surface area contributed by atoms with Crippen molar-refractivity contribution in [2.24, 2.45) is 5.73 Å². The van der Waals surface area contributed by atoms with Gasteiger partial charge in [-0.3, -0.25) is 4.79 Å². The van der Waals surface area contributed by atoms with Gasteiger partial charge in [0.25, 0.3) is 5.91 Å². The molecule has 6 heteroatoms. The van der Waals surface area contributed by atoms with Crippen molar-refractivity contribution in [2.45, 2.75) is 18.8 Å². The Morgan fingerprint density at radius 3 is 2.82 bits per heavy atom. The van der Waals surface area contributed by atoms with E-state index in [-0.39, 0.29) is 11.5 Å². The number of primary amides is 1. The molecule has 0 fully saturated rings. The number of pyridine rings is 1. The fraction of sp³-hybridized carbons (Fsp3) is 0.250. The van der Waals surface area contributed by atoms with Crippen LogP contribution in [-0.2, 0) is 6.42 Å². The van der Waals surface area contributed by atoms with Crippen LogP contribution in [0.3, 0.4) is 0 Å². The summed E-state index contributed by atoms with van der Waals surface area (Å²) in [7, 11) is 1.46.